The summed E-state index contributed by atoms with van der Waals surface area (Å²) in [5.74, 6) is -1.31. The van der Waals surface area contributed by atoms with E-state index < -0.39 is 23.1 Å². The first-order valence-electron chi connectivity index (χ1n) is 13.5. The normalized spacial score (nSPS) is 11.5. The smallest absolute Gasteiger partial charge is 0.348 e. The Labute approximate surface area is 261 Å². The molecular formula is C29H31N5O6S3. The Bertz CT molecular complexity index is 1580. The number of amides is 2. The average molecular weight is 642 g/mol. The summed E-state index contributed by atoms with van der Waals surface area (Å²) in [4.78, 5) is 52.0. The summed E-state index contributed by atoms with van der Waals surface area (Å²) in [7, 11) is 0. The van der Waals surface area contributed by atoms with E-state index in [4.69, 9.17) is 9.47 Å². The van der Waals surface area contributed by atoms with E-state index in [0.717, 1.165) is 16.9 Å². The maximum Gasteiger partial charge on any atom is 0.348 e. The number of ether oxygens (including phenoxy) is 2. The predicted octanol–water partition coefficient (Wildman–Crippen LogP) is 5.16. The van der Waals surface area contributed by atoms with E-state index in [0.29, 0.717) is 28.0 Å². The fourth-order valence-corrected chi connectivity index (χ4v) is 6.58. The molecule has 43 heavy (non-hydrogen) atoms. The van der Waals surface area contributed by atoms with Crippen molar-refractivity contribution in [3.63, 3.8) is 0 Å². The van der Waals surface area contributed by atoms with Crippen LogP contribution in [0.15, 0.2) is 53.0 Å². The van der Waals surface area contributed by atoms with Crippen LogP contribution in [0.1, 0.15) is 67.4 Å². The van der Waals surface area contributed by atoms with Crippen LogP contribution in [0.4, 0.5) is 5.00 Å². The van der Waals surface area contributed by atoms with Crippen LogP contribution >= 0.6 is 34.4 Å². The minimum absolute atomic E-state index is 0.122. The van der Waals surface area contributed by atoms with E-state index >= 15 is 0 Å². The topological polar surface area (TPSA) is 142 Å². The number of thioether (sulfide) groups is 1. The highest BCUT2D eigenvalue weighted by molar-refractivity contribution is 8.00. The van der Waals surface area contributed by atoms with Crippen LogP contribution in [0.3, 0.4) is 0 Å². The number of thiophene rings is 2. The first kappa shape index (κ1) is 31.9. The van der Waals surface area contributed by atoms with Gasteiger partial charge in [0.2, 0.25) is 5.91 Å². The lowest BCUT2D eigenvalue weighted by Gasteiger charge is -2.14. The van der Waals surface area contributed by atoms with Gasteiger partial charge >= 0.3 is 11.9 Å². The van der Waals surface area contributed by atoms with Gasteiger partial charge in [-0.2, -0.15) is 0 Å². The van der Waals surface area contributed by atoms with Gasteiger partial charge in [0.25, 0.3) is 5.91 Å². The van der Waals surface area contributed by atoms with Crippen LogP contribution in [-0.2, 0) is 27.4 Å². The van der Waals surface area contributed by atoms with Gasteiger partial charge in [0.1, 0.15) is 9.88 Å². The lowest BCUT2D eigenvalue weighted by Crippen LogP contribution is -2.25. The average Bonchev–Trinajstić information content (AvgIpc) is 3.73. The Morgan fingerprint density at radius 1 is 1.00 bits per heavy atom. The van der Waals surface area contributed by atoms with E-state index in [2.05, 4.69) is 20.8 Å². The molecule has 3 heterocycles. The molecule has 0 saturated carbocycles. The maximum absolute atomic E-state index is 13.4. The zero-order valence-corrected chi connectivity index (χ0v) is 26.5. The summed E-state index contributed by atoms with van der Waals surface area (Å²) in [5, 5.41) is 16.2. The molecule has 0 spiro atoms. The summed E-state index contributed by atoms with van der Waals surface area (Å²) in [6, 6.07) is 13.3. The summed E-state index contributed by atoms with van der Waals surface area (Å²) >= 11 is 3.50. The molecule has 1 atom stereocenters. The fourth-order valence-electron chi connectivity index (χ4n) is 3.98. The van der Waals surface area contributed by atoms with Crippen LogP contribution < -0.4 is 10.6 Å². The van der Waals surface area contributed by atoms with Crippen LogP contribution in [0.2, 0.25) is 0 Å². The number of nitrogens with zero attached hydrogens (tertiary/aromatic N) is 3. The van der Waals surface area contributed by atoms with Gasteiger partial charge in [-0.15, -0.1) is 32.9 Å². The Morgan fingerprint density at radius 2 is 1.72 bits per heavy atom. The first-order chi connectivity index (χ1) is 20.7. The molecular weight excluding hydrogens is 611 g/mol. The summed E-state index contributed by atoms with van der Waals surface area (Å²) < 4.78 is 12.2. The van der Waals surface area contributed by atoms with Gasteiger partial charge in [-0.1, -0.05) is 48.2 Å². The van der Waals surface area contributed by atoms with E-state index in [1.165, 1.54) is 23.1 Å². The number of benzene rings is 1. The number of nitrogens with one attached hydrogen (secondary N) is 2. The Hall–Kier alpha value is -4.01. The number of carbonyl (C=O) groups excluding carboxylic acids is 4. The van der Waals surface area contributed by atoms with Gasteiger partial charge in [0.05, 0.1) is 42.0 Å². The van der Waals surface area contributed by atoms with Gasteiger partial charge in [-0.25, -0.2) is 9.59 Å². The third-order valence-corrected chi connectivity index (χ3v) is 9.24. The van der Waals surface area contributed by atoms with Crippen molar-refractivity contribution in [2.75, 3.05) is 18.5 Å². The van der Waals surface area contributed by atoms with E-state index in [9.17, 15) is 19.2 Å². The minimum Gasteiger partial charge on any atom is -0.462 e. The minimum atomic E-state index is -0.671. The number of carbonyl (C=O) groups is 4. The monoisotopic (exact) mass is 641 g/mol. The first-order valence-corrected chi connectivity index (χ1v) is 16.0. The molecule has 2 amide bonds. The Morgan fingerprint density at radius 3 is 2.40 bits per heavy atom. The lowest BCUT2D eigenvalue weighted by atomic mass is 10.1. The molecule has 0 aliphatic heterocycles. The van der Waals surface area contributed by atoms with Crippen molar-refractivity contribution in [1.82, 2.24) is 20.1 Å². The van der Waals surface area contributed by atoms with Gasteiger partial charge in [0, 0.05) is 0 Å². The summed E-state index contributed by atoms with van der Waals surface area (Å²) in [6.45, 7) is 7.56. The van der Waals surface area contributed by atoms with Crippen molar-refractivity contribution in [2.45, 2.75) is 51.2 Å². The van der Waals surface area contributed by atoms with E-state index in [-0.39, 0.29) is 41.1 Å². The second-order valence-electron chi connectivity index (χ2n) is 9.08. The molecule has 14 heteroatoms. The molecule has 4 aromatic rings. The molecule has 226 valence electrons. The molecule has 3 aromatic heterocycles. The molecule has 0 fully saturated rings. The molecule has 0 aliphatic rings. The number of hydrogen-bond acceptors (Lipinski definition) is 11. The summed E-state index contributed by atoms with van der Waals surface area (Å²) in [6.07, 6.45) is 0. The van der Waals surface area contributed by atoms with Gasteiger partial charge in [-0.3, -0.25) is 9.59 Å². The number of hydrogen-bond donors (Lipinski definition) is 2. The van der Waals surface area contributed by atoms with Gasteiger partial charge in [-0.05, 0) is 50.3 Å². The predicted molar refractivity (Wildman–Crippen MR) is 166 cm³/mol. The second-order valence-corrected chi connectivity index (χ2v) is 12.4. The second kappa shape index (κ2) is 14.9. The van der Waals surface area contributed by atoms with E-state index in [1.807, 2.05) is 46.3 Å². The highest BCUT2D eigenvalue weighted by Crippen LogP contribution is 2.35. The number of rotatable bonds is 13. The molecule has 0 bridgehead atoms. The highest BCUT2D eigenvalue weighted by Gasteiger charge is 2.29. The zero-order chi connectivity index (χ0) is 30.9. The van der Waals surface area contributed by atoms with Crippen LogP contribution in [0.25, 0.3) is 0 Å². The Kier molecular flexibility index (Phi) is 11.1. The standard InChI is InChI=1S/C29H31N5O6S3/c1-5-39-27(37)22-17(3)23(28(38)40-6-2)43-26(22)31-24(35)18(4)42-29-33-32-21(15-30-25(36)20-13-10-14-41-20)34(29)16-19-11-8-7-9-12-19/h7-14,18H,5-6,15-16H2,1-4H3,(H,30,36)(H,31,35). The van der Waals surface area contributed by atoms with Crippen LogP contribution in [0, 0.1) is 6.92 Å². The molecule has 2 N–H and O–H groups in total. The molecule has 0 radical (unpaired) electrons. The van der Waals surface area contributed by atoms with Crippen LogP contribution in [-0.4, -0.2) is 57.0 Å². The van der Waals surface area contributed by atoms with Gasteiger partial charge < -0.3 is 24.7 Å². The SMILES string of the molecule is CCOC(=O)c1sc(NC(=O)C(C)Sc2nnc(CNC(=O)c3cccs3)n2Cc2ccccc2)c(C(=O)OCC)c1C. The molecule has 0 aliphatic carbocycles. The lowest BCUT2D eigenvalue weighted by molar-refractivity contribution is -0.115. The summed E-state index contributed by atoms with van der Waals surface area (Å²) in [5.41, 5.74) is 1.50. The van der Waals surface area contributed by atoms with Crippen molar-refractivity contribution >= 4 is 63.2 Å². The molecule has 1 aromatic carbocycles. The molecule has 11 nitrogen and oxygen atoms in total. The maximum atomic E-state index is 13.4. The largest absolute Gasteiger partial charge is 0.462 e. The van der Waals surface area contributed by atoms with Crippen molar-refractivity contribution in [3.8, 4) is 0 Å². The van der Waals surface area contributed by atoms with Crippen molar-refractivity contribution in [1.29, 1.82) is 0 Å². The fraction of sp³-hybridized carbons (Fsp3) is 0.310. The molecule has 0 saturated heterocycles. The quantitative estimate of drug-likeness (QED) is 0.150. The van der Waals surface area contributed by atoms with Crippen molar-refractivity contribution < 1.29 is 28.7 Å². The molecule has 1 unspecified atom stereocenters. The number of aromatic nitrogens is 3. The van der Waals surface area contributed by atoms with Crippen LogP contribution in [0.5, 0.6) is 0 Å². The zero-order valence-electron chi connectivity index (χ0n) is 24.0. The number of esters is 2. The highest BCUT2D eigenvalue weighted by atomic mass is 32.2. The Balaban J connectivity index is 1.55. The van der Waals surface area contributed by atoms with Crippen molar-refractivity contribution in [2.24, 2.45) is 0 Å². The number of anilines is 1. The third kappa shape index (κ3) is 7.89. The van der Waals surface area contributed by atoms with Gasteiger partial charge in [0.15, 0.2) is 11.0 Å². The van der Waals surface area contributed by atoms with E-state index in [1.54, 1.807) is 33.8 Å². The third-order valence-electron chi connectivity index (χ3n) is 6.10. The molecule has 4 rings (SSSR count). The van der Waals surface area contributed by atoms with Crippen molar-refractivity contribution in [3.05, 3.63) is 80.1 Å².